The van der Waals surface area contributed by atoms with Crippen molar-refractivity contribution in [1.29, 1.82) is 0 Å². The van der Waals surface area contributed by atoms with Gasteiger partial charge in [-0.3, -0.25) is 14.2 Å². The first-order valence-electron chi connectivity index (χ1n) is 8.10. The quantitative estimate of drug-likeness (QED) is 0.661. The highest BCUT2D eigenvalue weighted by Gasteiger charge is 2.19. The number of para-hydroxylation sites is 1. The van der Waals surface area contributed by atoms with Gasteiger partial charge in [-0.05, 0) is 18.2 Å². The Morgan fingerprint density at radius 2 is 1.89 bits per heavy atom. The van der Waals surface area contributed by atoms with Gasteiger partial charge in [-0.2, -0.15) is 0 Å². The summed E-state index contributed by atoms with van der Waals surface area (Å²) in [6.45, 7) is 0.202. The number of benzene rings is 1. The third kappa shape index (κ3) is 5.39. The molecule has 0 bridgehead atoms. The molecular formula is C17H22ClN4O4S+. The number of quaternary nitrogens is 1. The van der Waals surface area contributed by atoms with Crippen molar-refractivity contribution in [3.63, 3.8) is 0 Å². The van der Waals surface area contributed by atoms with E-state index in [4.69, 9.17) is 11.6 Å². The Kier molecular flexibility index (Phi) is 6.77. The van der Waals surface area contributed by atoms with Crippen molar-refractivity contribution in [2.45, 2.75) is 11.6 Å². The van der Waals surface area contributed by atoms with Gasteiger partial charge in [0.1, 0.15) is 0 Å². The molecule has 27 heavy (non-hydrogen) atoms. The van der Waals surface area contributed by atoms with E-state index in [9.17, 15) is 18.0 Å². The average Bonchev–Trinajstić information content (AvgIpc) is 2.58. The first kappa shape index (κ1) is 21.1. The number of anilines is 1. The van der Waals surface area contributed by atoms with Crippen LogP contribution in [0, 0.1) is 0 Å². The summed E-state index contributed by atoms with van der Waals surface area (Å²) in [7, 11) is 0.914. The van der Waals surface area contributed by atoms with E-state index in [0.717, 1.165) is 4.31 Å². The predicted molar refractivity (Wildman–Crippen MR) is 103 cm³/mol. The number of pyridine rings is 1. The molecule has 0 spiro atoms. The lowest BCUT2D eigenvalue weighted by Crippen LogP contribution is -3.09. The van der Waals surface area contributed by atoms with Gasteiger partial charge in [0.2, 0.25) is 10.0 Å². The Hall–Kier alpha value is -2.20. The maximum Gasteiger partial charge on any atom is 0.279 e. The smallest absolute Gasteiger partial charge is 0.279 e. The standard InChI is InChI=1S/C17H21ClN4O4S/c1-20(2)27(25,26)13-8-9-17(24)22(10-13)12-21(3)11-16(23)19-15-7-5-4-6-14(15)18/h4-10H,11-12H2,1-3H3,(H,19,23)/p+1. The van der Waals surface area contributed by atoms with Crippen molar-refractivity contribution in [3.8, 4) is 0 Å². The molecule has 146 valence electrons. The molecule has 0 aliphatic rings. The van der Waals surface area contributed by atoms with Gasteiger partial charge in [-0.15, -0.1) is 0 Å². The topological polar surface area (TPSA) is 92.9 Å². The van der Waals surface area contributed by atoms with Crippen LogP contribution in [-0.4, -0.2) is 50.9 Å². The van der Waals surface area contributed by atoms with E-state index in [1.807, 2.05) is 0 Å². The van der Waals surface area contributed by atoms with E-state index in [0.29, 0.717) is 15.6 Å². The van der Waals surface area contributed by atoms with Gasteiger partial charge in [0.05, 0.1) is 22.7 Å². The first-order chi connectivity index (χ1) is 12.6. The molecule has 1 atom stereocenters. The molecule has 0 radical (unpaired) electrons. The molecule has 10 heteroatoms. The number of sulfonamides is 1. The molecule has 1 heterocycles. The van der Waals surface area contributed by atoms with Crippen LogP contribution in [-0.2, 0) is 21.5 Å². The summed E-state index contributed by atoms with van der Waals surface area (Å²) in [5.41, 5.74) is 0.159. The van der Waals surface area contributed by atoms with Crippen LogP contribution in [0.3, 0.4) is 0 Å². The normalized spacial score (nSPS) is 12.8. The SMILES string of the molecule is CN(C)S(=O)(=O)c1ccc(=O)n(C[NH+](C)CC(=O)Nc2ccccc2Cl)c1. The Labute approximate surface area is 163 Å². The fourth-order valence-electron chi connectivity index (χ4n) is 2.37. The summed E-state index contributed by atoms with van der Waals surface area (Å²) in [4.78, 5) is 24.9. The van der Waals surface area contributed by atoms with Gasteiger partial charge in [-0.25, -0.2) is 12.7 Å². The third-order valence-electron chi connectivity index (χ3n) is 3.79. The number of carbonyl (C=O) groups is 1. The van der Waals surface area contributed by atoms with Crippen LogP contribution < -0.4 is 15.8 Å². The van der Waals surface area contributed by atoms with Gasteiger partial charge < -0.3 is 10.2 Å². The molecule has 1 amide bonds. The molecule has 0 saturated carbocycles. The fourth-order valence-corrected chi connectivity index (χ4v) is 3.48. The first-order valence-corrected chi connectivity index (χ1v) is 9.92. The highest BCUT2D eigenvalue weighted by atomic mass is 35.5. The Morgan fingerprint density at radius 1 is 1.22 bits per heavy atom. The van der Waals surface area contributed by atoms with Crippen LogP contribution in [0.15, 0.2) is 52.3 Å². The lowest BCUT2D eigenvalue weighted by molar-refractivity contribution is -0.895. The second-order valence-electron chi connectivity index (χ2n) is 6.28. The molecule has 2 N–H and O–H groups in total. The lowest BCUT2D eigenvalue weighted by Gasteiger charge is -2.17. The van der Waals surface area contributed by atoms with Crippen LogP contribution in [0.2, 0.25) is 5.02 Å². The van der Waals surface area contributed by atoms with E-state index in [-0.39, 0.29) is 29.6 Å². The number of nitrogens with zero attached hydrogens (tertiary/aromatic N) is 2. The summed E-state index contributed by atoms with van der Waals surface area (Å²) in [5, 5.41) is 3.14. The molecule has 2 aromatic rings. The molecule has 0 saturated heterocycles. The van der Waals surface area contributed by atoms with E-state index < -0.39 is 10.0 Å². The summed E-state index contributed by atoms with van der Waals surface area (Å²) < 4.78 is 26.8. The van der Waals surface area contributed by atoms with Gasteiger partial charge in [0, 0.05) is 26.4 Å². The summed E-state index contributed by atoms with van der Waals surface area (Å²) in [6.07, 6.45) is 1.28. The van der Waals surface area contributed by atoms with E-state index in [1.54, 1.807) is 31.3 Å². The Balaban J connectivity index is 2.09. The van der Waals surface area contributed by atoms with Crippen molar-refractivity contribution in [2.75, 3.05) is 33.0 Å². The van der Waals surface area contributed by atoms with Crippen molar-refractivity contribution < 1.29 is 18.1 Å². The minimum atomic E-state index is -3.65. The van der Waals surface area contributed by atoms with Crippen LogP contribution in [0.5, 0.6) is 0 Å². The molecule has 0 aliphatic heterocycles. The zero-order valence-electron chi connectivity index (χ0n) is 15.3. The maximum atomic E-state index is 12.2. The number of amides is 1. The summed E-state index contributed by atoms with van der Waals surface area (Å²) >= 11 is 6.01. The van der Waals surface area contributed by atoms with E-state index in [1.165, 1.54) is 37.0 Å². The number of likely N-dealkylation sites (N-methyl/N-ethyl adjacent to an activating group) is 1. The Bertz CT molecular complexity index is 988. The molecule has 1 aromatic heterocycles. The monoisotopic (exact) mass is 413 g/mol. The predicted octanol–water partition coefficient (Wildman–Crippen LogP) is -0.137. The van der Waals surface area contributed by atoms with Crippen LogP contribution in [0.25, 0.3) is 0 Å². The molecule has 2 rings (SSSR count). The van der Waals surface area contributed by atoms with Crippen molar-refractivity contribution in [2.24, 2.45) is 0 Å². The van der Waals surface area contributed by atoms with Gasteiger partial charge in [0.25, 0.3) is 11.5 Å². The number of carbonyl (C=O) groups excluding carboxylic acids is 1. The maximum absolute atomic E-state index is 12.2. The molecule has 1 unspecified atom stereocenters. The lowest BCUT2D eigenvalue weighted by atomic mass is 10.3. The Morgan fingerprint density at radius 3 is 2.52 bits per heavy atom. The minimum Gasteiger partial charge on any atom is -0.320 e. The zero-order valence-corrected chi connectivity index (χ0v) is 16.8. The minimum absolute atomic E-state index is 0.0143. The van der Waals surface area contributed by atoms with E-state index in [2.05, 4.69) is 5.32 Å². The average molecular weight is 414 g/mol. The second kappa shape index (κ2) is 8.66. The summed E-state index contributed by atoms with van der Waals surface area (Å²) in [5.74, 6) is -0.272. The second-order valence-corrected chi connectivity index (χ2v) is 8.84. The van der Waals surface area contributed by atoms with Crippen LogP contribution in [0.4, 0.5) is 5.69 Å². The highest BCUT2D eigenvalue weighted by Crippen LogP contribution is 2.19. The third-order valence-corrected chi connectivity index (χ3v) is 5.91. The van der Waals surface area contributed by atoms with Gasteiger partial charge in [0.15, 0.2) is 13.2 Å². The number of aromatic nitrogens is 1. The number of rotatable bonds is 7. The largest absolute Gasteiger partial charge is 0.320 e. The molecule has 0 aliphatic carbocycles. The van der Waals surface area contributed by atoms with Gasteiger partial charge in [-0.1, -0.05) is 23.7 Å². The van der Waals surface area contributed by atoms with E-state index >= 15 is 0 Å². The van der Waals surface area contributed by atoms with Crippen LogP contribution >= 0.6 is 11.6 Å². The zero-order chi connectivity index (χ0) is 20.2. The molecule has 1 aromatic carbocycles. The van der Waals surface area contributed by atoms with Crippen LogP contribution in [0.1, 0.15) is 0 Å². The van der Waals surface area contributed by atoms with Crippen molar-refractivity contribution >= 4 is 33.2 Å². The number of hydrogen-bond donors (Lipinski definition) is 2. The van der Waals surface area contributed by atoms with Crippen molar-refractivity contribution in [3.05, 3.63) is 58.0 Å². The number of hydrogen-bond acceptors (Lipinski definition) is 4. The van der Waals surface area contributed by atoms with Crippen molar-refractivity contribution in [1.82, 2.24) is 8.87 Å². The molecular weight excluding hydrogens is 392 g/mol. The number of nitrogens with one attached hydrogen (secondary N) is 2. The number of halogens is 1. The molecule has 8 nitrogen and oxygen atoms in total. The molecule has 0 fully saturated rings. The highest BCUT2D eigenvalue weighted by molar-refractivity contribution is 7.89. The van der Waals surface area contributed by atoms with Gasteiger partial charge >= 0.3 is 0 Å². The fraction of sp³-hybridized carbons (Fsp3) is 0.294. The summed E-state index contributed by atoms with van der Waals surface area (Å²) in [6, 6.07) is 9.35.